The molecule has 0 spiro atoms. The Morgan fingerprint density at radius 1 is 1.38 bits per heavy atom. The van der Waals surface area contributed by atoms with E-state index in [4.69, 9.17) is 15.2 Å². The van der Waals surface area contributed by atoms with Gasteiger partial charge in [-0.2, -0.15) is 0 Å². The molecule has 1 heterocycles. The number of methoxy groups -OCH3 is 1. The highest BCUT2D eigenvalue weighted by atomic mass is 16.6. The molecule has 0 aliphatic carbocycles. The van der Waals surface area contributed by atoms with Crippen LogP contribution in [0.4, 0.5) is 11.5 Å². The van der Waals surface area contributed by atoms with Crippen LogP contribution >= 0.6 is 0 Å². The van der Waals surface area contributed by atoms with Crippen LogP contribution in [0.5, 0.6) is 5.75 Å². The number of carbonyl (C=O) groups is 1. The highest BCUT2D eigenvalue weighted by molar-refractivity contribution is 6.06. The maximum absolute atomic E-state index is 12.0. The van der Waals surface area contributed by atoms with Gasteiger partial charge in [-0.25, -0.2) is 4.63 Å². The van der Waals surface area contributed by atoms with Crippen LogP contribution in [-0.4, -0.2) is 36.5 Å². The molecule has 2 aromatic rings. The molecule has 8 nitrogen and oxygen atoms in total. The van der Waals surface area contributed by atoms with E-state index in [0.717, 1.165) is 5.56 Å². The molecule has 0 bridgehead atoms. The molecule has 0 saturated carbocycles. The van der Waals surface area contributed by atoms with E-state index in [1.54, 1.807) is 13.2 Å². The summed E-state index contributed by atoms with van der Waals surface area (Å²) in [7, 11) is 1.59. The zero-order chi connectivity index (χ0) is 15.2. The van der Waals surface area contributed by atoms with Crippen LogP contribution in [0.25, 0.3) is 0 Å². The number of ether oxygens (including phenoxy) is 2. The number of hydrogen-bond donors (Lipinski definition) is 2. The van der Waals surface area contributed by atoms with Crippen molar-refractivity contribution in [3.63, 3.8) is 0 Å². The Kier molecular flexibility index (Phi) is 4.72. The van der Waals surface area contributed by atoms with Crippen molar-refractivity contribution in [3.8, 4) is 5.75 Å². The third kappa shape index (κ3) is 3.69. The zero-order valence-electron chi connectivity index (χ0n) is 11.8. The van der Waals surface area contributed by atoms with Crippen molar-refractivity contribution in [2.75, 3.05) is 31.4 Å². The number of amides is 1. The van der Waals surface area contributed by atoms with Crippen LogP contribution in [0.2, 0.25) is 0 Å². The van der Waals surface area contributed by atoms with E-state index in [1.165, 1.54) is 0 Å². The van der Waals surface area contributed by atoms with Gasteiger partial charge in [0.1, 0.15) is 12.4 Å². The smallest absolute Gasteiger partial charge is 0.281 e. The molecule has 0 atom stereocenters. The molecule has 0 unspecified atom stereocenters. The van der Waals surface area contributed by atoms with Gasteiger partial charge in [0.05, 0.1) is 12.3 Å². The molecular formula is C13H16N4O4. The van der Waals surface area contributed by atoms with Crippen LogP contribution in [0.1, 0.15) is 16.1 Å². The summed E-state index contributed by atoms with van der Waals surface area (Å²) in [6.07, 6.45) is 0. The summed E-state index contributed by atoms with van der Waals surface area (Å²) >= 11 is 0. The molecule has 0 aliphatic heterocycles. The lowest BCUT2D eigenvalue weighted by Crippen LogP contribution is -2.15. The Labute approximate surface area is 121 Å². The van der Waals surface area contributed by atoms with Crippen molar-refractivity contribution in [1.82, 2.24) is 10.3 Å². The third-order valence-corrected chi connectivity index (χ3v) is 2.66. The normalized spacial score (nSPS) is 10.4. The zero-order valence-corrected chi connectivity index (χ0v) is 11.8. The van der Waals surface area contributed by atoms with Crippen molar-refractivity contribution in [2.24, 2.45) is 0 Å². The second-order valence-electron chi connectivity index (χ2n) is 4.29. The standard InChI is InChI=1S/C13H16N4O4/c1-8-3-4-9(10(7-8)20-6-5-19-2)15-13(18)11-12(14)17-21-16-11/h3-4,7H,5-6H2,1-2H3,(H2,14,17)(H,15,18). The van der Waals surface area contributed by atoms with Gasteiger partial charge in [0, 0.05) is 7.11 Å². The second-order valence-corrected chi connectivity index (χ2v) is 4.29. The third-order valence-electron chi connectivity index (χ3n) is 2.66. The molecule has 21 heavy (non-hydrogen) atoms. The molecule has 8 heteroatoms. The number of aromatic nitrogens is 2. The molecule has 2 rings (SSSR count). The first-order valence-electron chi connectivity index (χ1n) is 6.23. The van der Waals surface area contributed by atoms with Crippen molar-refractivity contribution in [2.45, 2.75) is 6.92 Å². The molecule has 0 aliphatic rings. The minimum atomic E-state index is -0.519. The van der Waals surface area contributed by atoms with Crippen molar-refractivity contribution in [1.29, 1.82) is 0 Å². The summed E-state index contributed by atoms with van der Waals surface area (Å²) in [4.78, 5) is 12.0. The van der Waals surface area contributed by atoms with Gasteiger partial charge in [0.25, 0.3) is 5.91 Å². The van der Waals surface area contributed by atoms with Crippen molar-refractivity contribution >= 4 is 17.4 Å². The molecule has 1 amide bonds. The number of carbonyl (C=O) groups excluding carboxylic acids is 1. The summed E-state index contributed by atoms with van der Waals surface area (Å²) in [5.41, 5.74) is 6.92. The number of hydrogen-bond acceptors (Lipinski definition) is 7. The summed E-state index contributed by atoms with van der Waals surface area (Å²) < 4.78 is 14.9. The maximum atomic E-state index is 12.0. The minimum Gasteiger partial charge on any atom is -0.489 e. The largest absolute Gasteiger partial charge is 0.489 e. The van der Waals surface area contributed by atoms with Gasteiger partial charge in [-0.3, -0.25) is 4.79 Å². The first-order chi connectivity index (χ1) is 10.1. The van der Waals surface area contributed by atoms with Gasteiger partial charge < -0.3 is 20.5 Å². The molecule has 1 aromatic heterocycles. The van der Waals surface area contributed by atoms with E-state index < -0.39 is 5.91 Å². The number of benzene rings is 1. The fourth-order valence-corrected chi connectivity index (χ4v) is 1.62. The van der Waals surface area contributed by atoms with Gasteiger partial charge in [-0.15, -0.1) is 0 Å². The fraction of sp³-hybridized carbons (Fsp3) is 0.308. The maximum Gasteiger partial charge on any atom is 0.281 e. The lowest BCUT2D eigenvalue weighted by atomic mass is 10.2. The number of nitrogens with one attached hydrogen (secondary N) is 1. The van der Waals surface area contributed by atoms with E-state index in [9.17, 15) is 4.79 Å². The minimum absolute atomic E-state index is 0.0681. The van der Waals surface area contributed by atoms with Crippen molar-refractivity contribution in [3.05, 3.63) is 29.5 Å². The number of aryl methyl sites for hydroxylation is 1. The van der Waals surface area contributed by atoms with Gasteiger partial charge in [0.2, 0.25) is 11.5 Å². The number of anilines is 2. The highest BCUT2D eigenvalue weighted by Crippen LogP contribution is 2.26. The van der Waals surface area contributed by atoms with Gasteiger partial charge in [-0.1, -0.05) is 6.07 Å². The SMILES string of the molecule is COCCOc1cc(C)ccc1NC(=O)c1nonc1N. The Balaban J connectivity index is 2.15. The van der Waals surface area contributed by atoms with E-state index in [2.05, 4.69) is 20.3 Å². The highest BCUT2D eigenvalue weighted by Gasteiger charge is 2.17. The van der Waals surface area contributed by atoms with Crippen molar-refractivity contribution < 1.29 is 18.9 Å². The number of nitrogens with two attached hydrogens (primary N) is 1. The molecule has 0 fully saturated rings. The second kappa shape index (κ2) is 6.71. The first-order valence-corrected chi connectivity index (χ1v) is 6.23. The van der Waals surface area contributed by atoms with Crippen LogP contribution in [0, 0.1) is 6.92 Å². The number of rotatable bonds is 6. The Bertz CT molecular complexity index is 626. The predicted molar refractivity (Wildman–Crippen MR) is 75.2 cm³/mol. The van der Waals surface area contributed by atoms with E-state index in [0.29, 0.717) is 24.7 Å². The van der Waals surface area contributed by atoms with E-state index in [-0.39, 0.29) is 11.5 Å². The Morgan fingerprint density at radius 3 is 2.86 bits per heavy atom. The lowest BCUT2D eigenvalue weighted by molar-refractivity contribution is 0.101. The predicted octanol–water partition coefficient (Wildman–Crippen LogP) is 1.24. The van der Waals surface area contributed by atoms with Gasteiger partial charge in [-0.05, 0) is 34.9 Å². The topological polar surface area (TPSA) is 112 Å². The molecular weight excluding hydrogens is 276 g/mol. The van der Waals surface area contributed by atoms with Crippen LogP contribution in [0.3, 0.4) is 0 Å². The molecule has 112 valence electrons. The summed E-state index contributed by atoms with van der Waals surface area (Å²) in [5.74, 6) is -0.0499. The molecule has 0 radical (unpaired) electrons. The monoisotopic (exact) mass is 292 g/mol. The first kappa shape index (κ1) is 14.8. The summed E-state index contributed by atoms with van der Waals surface area (Å²) in [5, 5.41) is 9.47. The van der Waals surface area contributed by atoms with Crippen LogP contribution in [0.15, 0.2) is 22.8 Å². The van der Waals surface area contributed by atoms with Crippen LogP contribution < -0.4 is 15.8 Å². The molecule has 3 N–H and O–H groups in total. The number of nitrogen functional groups attached to an aromatic ring is 1. The fourth-order valence-electron chi connectivity index (χ4n) is 1.62. The Hall–Kier alpha value is -2.61. The van der Waals surface area contributed by atoms with Crippen LogP contribution in [-0.2, 0) is 4.74 Å². The van der Waals surface area contributed by atoms with E-state index >= 15 is 0 Å². The quantitative estimate of drug-likeness (QED) is 0.770. The summed E-state index contributed by atoms with van der Waals surface area (Å²) in [6.45, 7) is 2.74. The average molecular weight is 292 g/mol. The molecule has 0 saturated heterocycles. The average Bonchev–Trinajstić information content (AvgIpc) is 2.88. The summed E-state index contributed by atoms with van der Waals surface area (Å²) in [6, 6.07) is 5.40. The van der Waals surface area contributed by atoms with E-state index in [1.807, 2.05) is 19.1 Å². The number of nitrogens with zero attached hydrogens (tertiary/aromatic N) is 2. The lowest BCUT2D eigenvalue weighted by Gasteiger charge is -2.12. The van der Waals surface area contributed by atoms with Gasteiger partial charge >= 0.3 is 0 Å². The molecule has 1 aromatic carbocycles. The Morgan fingerprint density at radius 2 is 2.19 bits per heavy atom. The van der Waals surface area contributed by atoms with Gasteiger partial charge in [0.15, 0.2) is 0 Å².